The lowest BCUT2D eigenvalue weighted by molar-refractivity contribution is 0.601. The van der Waals surface area contributed by atoms with Crippen LogP contribution in [0.15, 0.2) is 28.8 Å². The Bertz CT molecular complexity index is 515. The van der Waals surface area contributed by atoms with Gasteiger partial charge in [0.2, 0.25) is 0 Å². The molecule has 3 nitrogen and oxygen atoms in total. The fourth-order valence-corrected chi connectivity index (χ4v) is 2.60. The standard InChI is InChI=1S/C10H11NO2S/c1-14(12,13)10-4-2-3-7-5-8(11)6-9(7)10/h2-4,6H,5,11H2,1H3. The first-order chi connectivity index (χ1) is 6.48. The molecule has 0 unspecified atom stereocenters. The smallest absolute Gasteiger partial charge is 0.176 e. The molecule has 1 aromatic carbocycles. The van der Waals surface area contributed by atoms with Gasteiger partial charge in [-0.25, -0.2) is 8.42 Å². The van der Waals surface area contributed by atoms with Gasteiger partial charge in [-0.2, -0.15) is 0 Å². The van der Waals surface area contributed by atoms with E-state index < -0.39 is 9.84 Å². The predicted molar refractivity (Wildman–Crippen MR) is 55.4 cm³/mol. The maximum Gasteiger partial charge on any atom is 0.176 e. The SMILES string of the molecule is CS(=O)(=O)c1cccc2c1C=C(N)C2. The number of benzene rings is 1. The first kappa shape index (κ1) is 9.27. The molecule has 0 heterocycles. The van der Waals surface area contributed by atoms with Gasteiger partial charge >= 0.3 is 0 Å². The number of hydrogen-bond acceptors (Lipinski definition) is 3. The zero-order chi connectivity index (χ0) is 10.3. The maximum atomic E-state index is 11.4. The van der Waals surface area contributed by atoms with E-state index >= 15 is 0 Å². The van der Waals surface area contributed by atoms with Crippen molar-refractivity contribution in [2.45, 2.75) is 11.3 Å². The van der Waals surface area contributed by atoms with Crippen molar-refractivity contribution in [3.63, 3.8) is 0 Å². The number of rotatable bonds is 1. The number of nitrogens with two attached hydrogens (primary N) is 1. The van der Waals surface area contributed by atoms with Gasteiger partial charge in [0.1, 0.15) is 0 Å². The third-order valence-corrected chi connectivity index (χ3v) is 3.44. The lowest BCUT2D eigenvalue weighted by Crippen LogP contribution is -2.00. The highest BCUT2D eigenvalue weighted by Gasteiger charge is 2.18. The predicted octanol–water partition coefficient (Wildman–Crippen LogP) is 0.946. The van der Waals surface area contributed by atoms with Crippen molar-refractivity contribution < 1.29 is 8.42 Å². The molecule has 4 heteroatoms. The molecule has 0 atom stereocenters. The molecule has 0 amide bonds. The fraction of sp³-hybridized carbons (Fsp3) is 0.200. The third-order valence-electron chi connectivity index (χ3n) is 2.28. The number of allylic oxidation sites excluding steroid dienone is 1. The summed E-state index contributed by atoms with van der Waals surface area (Å²) in [6, 6.07) is 5.27. The van der Waals surface area contributed by atoms with E-state index in [1.165, 1.54) is 6.26 Å². The Morgan fingerprint density at radius 2 is 2.07 bits per heavy atom. The topological polar surface area (TPSA) is 60.2 Å². The Morgan fingerprint density at radius 1 is 1.36 bits per heavy atom. The minimum atomic E-state index is -3.15. The Balaban J connectivity index is 2.71. The van der Waals surface area contributed by atoms with Crippen molar-refractivity contribution in [2.75, 3.05) is 6.26 Å². The first-order valence-electron chi connectivity index (χ1n) is 4.26. The molecule has 0 spiro atoms. The van der Waals surface area contributed by atoms with E-state index in [-0.39, 0.29) is 0 Å². The van der Waals surface area contributed by atoms with Crippen molar-refractivity contribution in [2.24, 2.45) is 5.73 Å². The van der Waals surface area contributed by atoms with Crippen LogP contribution in [0.1, 0.15) is 11.1 Å². The van der Waals surface area contributed by atoms with Crippen LogP contribution in [0.2, 0.25) is 0 Å². The highest BCUT2D eigenvalue weighted by molar-refractivity contribution is 7.90. The summed E-state index contributed by atoms with van der Waals surface area (Å²) in [6.45, 7) is 0. The molecule has 0 fully saturated rings. The molecule has 0 aliphatic heterocycles. The lowest BCUT2D eigenvalue weighted by atomic mass is 10.1. The molecule has 0 bridgehead atoms. The molecule has 0 radical (unpaired) electrons. The van der Waals surface area contributed by atoms with Crippen LogP contribution in [0.25, 0.3) is 6.08 Å². The second kappa shape index (κ2) is 2.85. The largest absolute Gasteiger partial charge is 0.402 e. The van der Waals surface area contributed by atoms with Crippen LogP contribution in [0.3, 0.4) is 0 Å². The normalized spacial score (nSPS) is 15.1. The first-order valence-corrected chi connectivity index (χ1v) is 6.15. The quantitative estimate of drug-likeness (QED) is 0.749. The van der Waals surface area contributed by atoms with E-state index in [4.69, 9.17) is 5.73 Å². The van der Waals surface area contributed by atoms with Crippen molar-refractivity contribution >= 4 is 15.9 Å². The van der Waals surface area contributed by atoms with Crippen molar-refractivity contribution in [3.05, 3.63) is 35.0 Å². The molecule has 74 valence electrons. The number of sulfone groups is 1. The van der Waals surface area contributed by atoms with E-state index in [9.17, 15) is 8.42 Å². The van der Waals surface area contributed by atoms with Gasteiger partial charge in [0.05, 0.1) is 4.90 Å². The molecule has 2 rings (SSSR count). The Morgan fingerprint density at radius 3 is 2.71 bits per heavy atom. The summed E-state index contributed by atoms with van der Waals surface area (Å²) in [5, 5.41) is 0. The van der Waals surface area contributed by atoms with Gasteiger partial charge in [0, 0.05) is 18.4 Å². The number of fused-ring (bicyclic) bond motifs is 1. The third kappa shape index (κ3) is 1.42. The van der Waals surface area contributed by atoms with Crippen LogP contribution in [-0.4, -0.2) is 14.7 Å². The van der Waals surface area contributed by atoms with Crippen LogP contribution >= 0.6 is 0 Å². The van der Waals surface area contributed by atoms with Gasteiger partial charge in [-0.3, -0.25) is 0 Å². The lowest BCUT2D eigenvalue weighted by Gasteiger charge is -2.04. The molecule has 1 aliphatic rings. The van der Waals surface area contributed by atoms with E-state index in [0.29, 0.717) is 11.3 Å². The second-order valence-electron chi connectivity index (χ2n) is 3.50. The van der Waals surface area contributed by atoms with Crippen LogP contribution < -0.4 is 5.73 Å². The minimum Gasteiger partial charge on any atom is -0.402 e. The summed E-state index contributed by atoms with van der Waals surface area (Å²) in [5.74, 6) is 0. The van der Waals surface area contributed by atoms with Gasteiger partial charge in [0.15, 0.2) is 9.84 Å². The van der Waals surface area contributed by atoms with E-state index in [0.717, 1.165) is 16.8 Å². The highest BCUT2D eigenvalue weighted by Crippen LogP contribution is 2.28. The molecule has 1 aromatic rings. The second-order valence-corrected chi connectivity index (χ2v) is 5.48. The maximum absolute atomic E-state index is 11.4. The average Bonchev–Trinajstić information content (AvgIpc) is 2.41. The van der Waals surface area contributed by atoms with Crippen LogP contribution in [0, 0.1) is 0 Å². The summed E-state index contributed by atoms with van der Waals surface area (Å²) < 4.78 is 22.9. The summed E-state index contributed by atoms with van der Waals surface area (Å²) in [7, 11) is -3.15. The molecular weight excluding hydrogens is 198 g/mol. The van der Waals surface area contributed by atoms with Crippen molar-refractivity contribution in [3.8, 4) is 0 Å². The van der Waals surface area contributed by atoms with Crippen LogP contribution in [0.4, 0.5) is 0 Å². The Kier molecular flexibility index (Phi) is 1.89. The van der Waals surface area contributed by atoms with Gasteiger partial charge in [-0.15, -0.1) is 0 Å². The molecule has 14 heavy (non-hydrogen) atoms. The molecule has 0 saturated heterocycles. The Labute approximate surface area is 83.2 Å². The minimum absolute atomic E-state index is 0.371. The van der Waals surface area contributed by atoms with Gasteiger partial charge < -0.3 is 5.73 Å². The van der Waals surface area contributed by atoms with Crippen LogP contribution in [-0.2, 0) is 16.3 Å². The van der Waals surface area contributed by atoms with Crippen molar-refractivity contribution in [1.29, 1.82) is 0 Å². The van der Waals surface area contributed by atoms with Crippen molar-refractivity contribution in [1.82, 2.24) is 0 Å². The number of hydrogen-bond donors (Lipinski definition) is 1. The summed E-state index contributed by atoms with van der Waals surface area (Å²) in [5.41, 5.74) is 8.13. The average molecular weight is 209 g/mol. The molecule has 1 aliphatic carbocycles. The van der Waals surface area contributed by atoms with Gasteiger partial charge in [0.25, 0.3) is 0 Å². The van der Waals surface area contributed by atoms with E-state index in [2.05, 4.69) is 0 Å². The molecule has 0 aromatic heterocycles. The summed E-state index contributed by atoms with van der Waals surface area (Å²) in [4.78, 5) is 0.371. The zero-order valence-corrected chi connectivity index (χ0v) is 8.64. The molecule has 0 saturated carbocycles. The van der Waals surface area contributed by atoms with Gasteiger partial charge in [-0.1, -0.05) is 12.1 Å². The van der Waals surface area contributed by atoms with Crippen LogP contribution in [0.5, 0.6) is 0 Å². The monoisotopic (exact) mass is 209 g/mol. The van der Waals surface area contributed by atoms with E-state index in [1.54, 1.807) is 18.2 Å². The molecule has 2 N–H and O–H groups in total. The van der Waals surface area contributed by atoms with Gasteiger partial charge in [-0.05, 0) is 23.3 Å². The highest BCUT2D eigenvalue weighted by atomic mass is 32.2. The fourth-order valence-electron chi connectivity index (χ4n) is 1.69. The zero-order valence-electron chi connectivity index (χ0n) is 7.82. The summed E-state index contributed by atoms with van der Waals surface area (Å²) in [6.07, 6.45) is 3.61. The van der Waals surface area contributed by atoms with E-state index in [1.807, 2.05) is 6.07 Å². The Hall–Kier alpha value is -1.29. The molecular formula is C10H11NO2S. The summed E-state index contributed by atoms with van der Waals surface area (Å²) >= 11 is 0.